The normalized spacial score (nSPS) is 13.3. The van der Waals surface area contributed by atoms with Crippen LogP contribution in [-0.4, -0.2) is 76.0 Å². The topological polar surface area (TPSA) is 105 Å². The third-order valence-electron chi connectivity index (χ3n) is 6.26. The molecular formula is C27H26BrN7O3S. The molecule has 0 bridgehead atoms. The number of amides is 2. The fraction of sp³-hybridized carbons (Fsp3) is 0.222. The molecule has 3 aromatic carbocycles. The van der Waals surface area contributed by atoms with Crippen molar-refractivity contribution >= 4 is 50.9 Å². The molecule has 0 unspecified atom stereocenters. The summed E-state index contributed by atoms with van der Waals surface area (Å²) in [6, 6.07) is 22.5. The minimum Gasteiger partial charge on any atom is -0.497 e. The van der Waals surface area contributed by atoms with Gasteiger partial charge >= 0.3 is 0 Å². The summed E-state index contributed by atoms with van der Waals surface area (Å²) in [5.41, 5.74) is 3.23. The Morgan fingerprint density at radius 3 is 2.26 bits per heavy atom. The zero-order chi connectivity index (χ0) is 27.2. The third kappa shape index (κ3) is 6.58. The van der Waals surface area contributed by atoms with Crippen LogP contribution in [0.15, 0.2) is 82.4 Å². The number of tetrazole rings is 1. The molecule has 2 amide bonds. The van der Waals surface area contributed by atoms with E-state index in [9.17, 15) is 9.59 Å². The number of halogens is 1. The minimum absolute atomic E-state index is 0.0269. The number of carbonyl (C=O) groups is 2. The van der Waals surface area contributed by atoms with Crippen LogP contribution in [0.3, 0.4) is 0 Å². The van der Waals surface area contributed by atoms with Crippen molar-refractivity contribution in [3.05, 3.63) is 82.8 Å². The first-order valence-electron chi connectivity index (χ1n) is 12.3. The Balaban J connectivity index is 1.10. The standard InChI is InChI=1S/C27H26BrN7O3S/c1-38-24-12-2-19(3-13-24)26(37)34-16-14-33(15-17-34)22-10-6-21(7-11-22)29-25(36)18-39-27-30-31-32-35(27)23-8-4-20(28)5-9-23/h2-13H,14-18H2,1H3,(H,29,36). The summed E-state index contributed by atoms with van der Waals surface area (Å²) in [6.07, 6.45) is 0. The molecule has 12 heteroatoms. The number of piperazine rings is 1. The second-order valence-electron chi connectivity index (χ2n) is 8.74. The molecule has 2 heterocycles. The van der Waals surface area contributed by atoms with Crippen LogP contribution in [0.4, 0.5) is 11.4 Å². The summed E-state index contributed by atoms with van der Waals surface area (Å²) in [5.74, 6) is 0.777. The first kappa shape index (κ1) is 26.7. The van der Waals surface area contributed by atoms with E-state index in [4.69, 9.17) is 4.74 Å². The van der Waals surface area contributed by atoms with Crippen LogP contribution < -0.4 is 15.0 Å². The molecule has 1 fully saturated rings. The molecule has 4 aromatic rings. The molecule has 0 saturated carbocycles. The summed E-state index contributed by atoms with van der Waals surface area (Å²) in [5, 5.41) is 15.3. The van der Waals surface area contributed by atoms with E-state index in [-0.39, 0.29) is 17.6 Å². The first-order chi connectivity index (χ1) is 19.0. The zero-order valence-corrected chi connectivity index (χ0v) is 23.6. The van der Waals surface area contributed by atoms with E-state index < -0.39 is 0 Å². The lowest BCUT2D eigenvalue weighted by Gasteiger charge is -2.36. The number of nitrogens with zero attached hydrogens (tertiary/aromatic N) is 6. The van der Waals surface area contributed by atoms with Gasteiger partial charge in [-0.25, -0.2) is 0 Å². The highest BCUT2D eigenvalue weighted by molar-refractivity contribution is 9.10. The van der Waals surface area contributed by atoms with E-state index in [0.29, 0.717) is 29.5 Å². The van der Waals surface area contributed by atoms with Gasteiger partial charge in [0.25, 0.3) is 5.91 Å². The lowest BCUT2D eigenvalue weighted by molar-refractivity contribution is -0.113. The molecular weight excluding hydrogens is 582 g/mol. The second kappa shape index (κ2) is 12.3. The van der Waals surface area contributed by atoms with E-state index in [1.54, 1.807) is 36.1 Å². The van der Waals surface area contributed by atoms with Crippen molar-refractivity contribution in [3.8, 4) is 11.4 Å². The van der Waals surface area contributed by atoms with Gasteiger partial charge in [0.2, 0.25) is 11.1 Å². The van der Waals surface area contributed by atoms with Gasteiger partial charge in [-0.15, -0.1) is 5.10 Å². The van der Waals surface area contributed by atoms with E-state index in [1.165, 1.54) is 11.8 Å². The number of hydrogen-bond donors (Lipinski definition) is 1. The number of anilines is 2. The van der Waals surface area contributed by atoms with Crippen molar-refractivity contribution in [2.75, 3.05) is 49.3 Å². The molecule has 39 heavy (non-hydrogen) atoms. The molecule has 1 N–H and O–H groups in total. The van der Waals surface area contributed by atoms with Crippen molar-refractivity contribution in [1.82, 2.24) is 25.1 Å². The number of carbonyl (C=O) groups excluding carboxylic acids is 2. The Labute approximate surface area is 238 Å². The molecule has 1 saturated heterocycles. The maximum Gasteiger partial charge on any atom is 0.253 e. The van der Waals surface area contributed by atoms with Gasteiger partial charge in [-0.2, -0.15) is 4.68 Å². The molecule has 0 atom stereocenters. The summed E-state index contributed by atoms with van der Waals surface area (Å²) in [7, 11) is 1.61. The fourth-order valence-corrected chi connectivity index (χ4v) is 5.14. The van der Waals surface area contributed by atoms with E-state index in [1.807, 2.05) is 53.4 Å². The highest BCUT2D eigenvalue weighted by atomic mass is 79.9. The number of methoxy groups -OCH3 is 1. The Hall–Kier alpha value is -3.90. The SMILES string of the molecule is COc1ccc(C(=O)N2CCN(c3ccc(NC(=O)CSc4nnnn4-c4ccc(Br)cc4)cc3)CC2)cc1. The highest BCUT2D eigenvalue weighted by Gasteiger charge is 2.22. The lowest BCUT2D eigenvalue weighted by atomic mass is 10.1. The number of ether oxygens (including phenoxy) is 1. The van der Waals surface area contributed by atoms with Crippen LogP contribution >= 0.6 is 27.7 Å². The maximum atomic E-state index is 12.8. The average molecular weight is 609 g/mol. The van der Waals surface area contributed by atoms with Crippen LogP contribution in [-0.2, 0) is 4.79 Å². The van der Waals surface area contributed by atoms with E-state index in [0.717, 1.165) is 34.7 Å². The van der Waals surface area contributed by atoms with Crippen molar-refractivity contribution in [2.45, 2.75) is 5.16 Å². The quantitative estimate of drug-likeness (QED) is 0.298. The van der Waals surface area contributed by atoms with Crippen molar-refractivity contribution in [1.29, 1.82) is 0 Å². The average Bonchev–Trinajstić information content (AvgIpc) is 3.45. The number of nitrogens with one attached hydrogen (secondary N) is 1. The van der Waals surface area contributed by atoms with E-state index >= 15 is 0 Å². The second-order valence-corrected chi connectivity index (χ2v) is 10.6. The molecule has 5 rings (SSSR count). The smallest absolute Gasteiger partial charge is 0.253 e. The number of benzene rings is 3. The summed E-state index contributed by atoms with van der Waals surface area (Å²) >= 11 is 4.68. The molecule has 1 aromatic heterocycles. The van der Waals surface area contributed by atoms with Crippen LogP contribution in [0.5, 0.6) is 5.75 Å². The van der Waals surface area contributed by atoms with Crippen LogP contribution in [0.1, 0.15) is 10.4 Å². The van der Waals surface area contributed by atoms with Crippen molar-refractivity contribution in [3.63, 3.8) is 0 Å². The van der Waals surface area contributed by atoms with Crippen LogP contribution in [0.2, 0.25) is 0 Å². The van der Waals surface area contributed by atoms with Crippen molar-refractivity contribution in [2.24, 2.45) is 0 Å². The summed E-state index contributed by atoms with van der Waals surface area (Å²) in [6.45, 7) is 2.75. The van der Waals surface area contributed by atoms with Gasteiger partial charge in [0.05, 0.1) is 18.6 Å². The summed E-state index contributed by atoms with van der Waals surface area (Å²) < 4.78 is 7.73. The summed E-state index contributed by atoms with van der Waals surface area (Å²) in [4.78, 5) is 29.5. The van der Waals surface area contributed by atoms with Crippen LogP contribution in [0.25, 0.3) is 5.69 Å². The monoisotopic (exact) mass is 607 g/mol. The largest absolute Gasteiger partial charge is 0.497 e. The van der Waals surface area contributed by atoms with Crippen LogP contribution in [0, 0.1) is 0 Å². The molecule has 1 aliphatic heterocycles. The molecule has 0 spiro atoms. The number of hydrogen-bond acceptors (Lipinski definition) is 8. The van der Waals surface area contributed by atoms with Gasteiger partial charge in [-0.05, 0) is 83.2 Å². The van der Waals surface area contributed by atoms with Gasteiger partial charge in [0, 0.05) is 47.6 Å². The number of rotatable bonds is 8. The first-order valence-corrected chi connectivity index (χ1v) is 14.0. The number of thioether (sulfide) groups is 1. The van der Waals surface area contributed by atoms with E-state index in [2.05, 4.69) is 41.7 Å². The Morgan fingerprint density at radius 2 is 1.59 bits per heavy atom. The predicted octanol–water partition coefficient (Wildman–Crippen LogP) is 4.13. The van der Waals surface area contributed by atoms with Gasteiger partial charge < -0.3 is 19.9 Å². The van der Waals surface area contributed by atoms with Gasteiger partial charge in [-0.1, -0.05) is 27.7 Å². The lowest BCUT2D eigenvalue weighted by Crippen LogP contribution is -2.48. The molecule has 1 aliphatic rings. The molecule has 200 valence electrons. The fourth-order valence-electron chi connectivity index (χ4n) is 4.18. The maximum absolute atomic E-state index is 12.8. The van der Waals surface area contributed by atoms with Gasteiger partial charge in [-0.3, -0.25) is 9.59 Å². The number of aromatic nitrogens is 4. The highest BCUT2D eigenvalue weighted by Crippen LogP contribution is 2.23. The Morgan fingerprint density at radius 1 is 0.923 bits per heavy atom. The Bertz CT molecular complexity index is 1420. The molecule has 0 radical (unpaired) electrons. The molecule has 0 aliphatic carbocycles. The van der Waals surface area contributed by atoms with Crippen molar-refractivity contribution < 1.29 is 14.3 Å². The van der Waals surface area contributed by atoms with Gasteiger partial charge in [0.1, 0.15) is 5.75 Å². The third-order valence-corrected chi connectivity index (χ3v) is 7.71. The van der Waals surface area contributed by atoms with Gasteiger partial charge in [0.15, 0.2) is 0 Å². The minimum atomic E-state index is -0.149. The Kier molecular flexibility index (Phi) is 8.42. The zero-order valence-electron chi connectivity index (χ0n) is 21.2. The predicted molar refractivity (Wildman–Crippen MR) is 154 cm³/mol. The molecule has 10 nitrogen and oxygen atoms in total.